The van der Waals surface area contributed by atoms with Gasteiger partial charge in [0.1, 0.15) is 13.2 Å². The van der Waals surface area contributed by atoms with Crippen molar-refractivity contribution in [1.82, 2.24) is 0 Å². The molecule has 0 N–H and O–H groups in total. The summed E-state index contributed by atoms with van der Waals surface area (Å²) in [6.45, 7) is 6.43. The molecule has 0 radical (unpaired) electrons. The summed E-state index contributed by atoms with van der Waals surface area (Å²) in [5.74, 6) is -0.960. The predicted octanol–water partition coefficient (Wildman–Crippen LogP) is 21.0. The van der Waals surface area contributed by atoms with E-state index in [-0.39, 0.29) is 31.1 Å². The lowest BCUT2D eigenvalue weighted by molar-refractivity contribution is -0.167. The van der Waals surface area contributed by atoms with Gasteiger partial charge in [-0.3, -0.25) is 14.4 Å². The average Bonchev–Trinajstić information content (AvgIpc) is 3.41. The number of allylic oxidation sites excluding steroid dienone is 22. The molecule has 0 bridgehead atoms. The van der Waals surface area contributed by atoms with Gasteiger partial charge in [-0.1, -0.05) is 257 Å². The molecule has 0 fully saturated rings. The standard InChI is InChI=1S/C69H112O6/c1-4-7-10-13-16-18-20-22-24-26-28-30-32-33-34-35-37-38-40-42-44-46-48-50-53-56-59-62-68(71)74-65-66(64-73-67(70)61-58-55-52-15-12-9-6-3)75-69(72)63-60-57-54-51-49-47-45-43-41-39-36-31-29-27-25-23-21-19-17-14-11-8-5-2/h7,10,16,18,21-24,27-30,33-34,36-39,42,44,48,50,66H,4-6,8-9,11-15,17,19-20,25-26,31-32,35,40-41,43,45-47,49,51-65H2,1-3H3/b10-7-,18-16-,23-21-,24-22-,29-27-,30-28-,34-33-,38-37-,39-36-,44-42-,50-48-. The van der Waals surface area contributed by atoms with Crippen LogP contribution in [0.4, 0.5) is 0 Å². The summed E-state index contributed by atoms with van der Waals surface area (Å²) in [6.07, 6.45) is 87.6. The predicted molar refractivity (Wildman–Crippen MR) is 325 cm³/mol. The molecule has 0 amide bonds. The van der Waals surface area contributed by atoms with Crippen molar-refractivity contribution in [2.24, 2.45) is 0 Å². The van der Waals surface area contributed by atoms with E-state index in [2.05, 4.69) is 154 Å². The second-order valence-electron chi connectivity index (χ2n) is 19.9. The van der Waals surface area contributed by atoms with Gasteiger partial charge in [0.2, 0.25) is 0 Å². The Kier molecular flexibility index (Phi) is 58.4. The van der Waals surface area contributed by atoms with Crippen molar-refractivity contribution in [1.29, 1.82) is 0 Å². The lowest BCUT2D eigenvalue weighted by Gasteiger charge is -2.18. The fraction of sp³-hybridized carbons (Fsp3) is 0.638. The Labute approximate surface area is 462 Å². The quantitative estimate of drug-likeness (QED) is 0.0261. The number of carbonyl (C=O) groups excluding carboxylic acids is 3. The summed E-state index contributed by atoms with van der Waals surface area (Å²) in [5, 5.41) is 0. The Balaban J connectivity index is 4.31. The first-order valence-corrected chi connectivity index (χ1v) is 30.7. The molecule has 6 nitrogen and oxygen atoms in total. The van der Waals surface area contributed by atoms with Crippen LogP contribution >= 0.6 is 0 Å². The van der Waals surface area contributed by atoms with Gasteiger partial charge >= 0.3 is 17.9 Å². The molecule has 0 aliphatic carbocycles. The third-order valence-corrected chi connectivity index (χ3v) is 12.6. The smallest absolute Gasteiger partial charge is 0.306 e. The van der Waals surface area contributed by atoms with Crippen LogP contribution in [0.15, 0.2) is 134 Å². The van der Waals surface area contributed by atoms with Gasteiger partial charge < -0.3 is 14.2 Å². The first kappa shape index (κ1) is 70.5. The van der Waals surface area contributed by atoms with Crippen LogP contribution in [0.3, 0.4) is 0 Å². The van der Waals surface area contributed by atoms with Crippen molar-refractivity contribution in [3.8, 4) is 0 Å². The van der Waals surface area contributed by atoms with Gasteiger partial charge in [0.05, 0.1) is 0 Å². The molecule has 0 aliphatic rings. The van der Waals surface area contributed by atoms with Crippen molar-refractivity contribution >= 4 is 17.9 Å². The molecule has 0 heterocycles. The molecule has 0 saturated carbocycles. The maximum Gasteiger partial charge on any atom is 0.306 e. The molecule has 0 aliphatic heterocycles. The maximum atomic E-state index is 12.8. The van der Waals surface area contributed by atoms with Crippen LogP contribution < -0.4 is 0 Å². The fourth-order valence-electron chi connectivity index (χ4n) is 8.05. The van der Waals surface area contributed by atoms with Gasteiger partial charge in [0.15, 0.2) is 6.10 Å². The molecule has 1 unspecified atom stereocenters. The number of hydrogen-bond donors (Lipinski definition) is 0. The zero-order chi connectivity index (χ0) is 54.3. The zero-order valence-electron chi connectivity index (χ0n) is 48.5. The summed E-state index contributed by atoms with van der Waals surface area (Å²) >= 11 is 0. The number of esters is 3. The van der Waals surface area contributed by atoms with E-state index in [0.717, 1.165) is 122 Å². The van der Waals surface area contributed by atoms with Crippen LogP contribution in [0.2, 0.25) is 0 Å². The molecule has 0 aromatic heterocycles. The van der Waals surface area contributed by atoms with E-state index in [1.54, 1.807) is 0 Å². The molecule has 6 heteroatoms. The lowest BCUT2D eigenvalue weighted by Crippen LogP contribution is -2.30. The fourth-order valence-corrected chi connectivity index (χ4v) is 8.05. The van der Waals surface area contributed by atoms with Crippen molar-refractivity contribution in [3.63, 3.8) is 0 Å². The molecule has 0 rings (SSSR count). The number of ether oxygens (including phenoxy) is 3. The van der Waals surface area contributed by atoms with Crippen LogP contribution in [0.5, 0.6) is 0 Å². The highest BCUT2D eigenvalue weighted by Gasteiger charge is 2.19. The van der Waals surface area contributed by atoms with Gasteiger partial charge in [-0.25, -0.2) is 0 Å². The second-order valence-corrected chi connectivity index (χ2v) is 19.9. The van der Waals surface area contributed by atoms with Crippen LogP contribution in [-0.2, 0) is 28.6 Å². The normalized spacial score (nSPS) is 13.1. The number of carbonyl (C=O) groups is 3. The third-order valence-electron chi connectivity index (χ3n) is 12.6. The van der Waals surface area contributed by atoms with Crippen LogP contribution in [0, 0.1) is 0 Å². The Hall–Kier alpha value is -4.45. The van der Waals surface area contributed by atoms with Gasteiger partial charge in [0.25, 0.3) is 0 Å². The number of unbranched alkanes of at least 4 members (excludes halogenated alkanes) is 21. The molecule has 0 aromatic rings. The second kappa shape index (κ2) is 62.1. The molecule has 424 valence electrons. The summed E-state index contributed by atoms with van der Waals surface area (Å²) in [6, 6.07) is 0. The molecular formula is C69H112O6. The largest absolute Gasteiger partial charge is 0.462 e. The van der Waals surface area contributed by atoms with E-state index in [1.165, 1.54) is 96.3 Å². The van der Waals surface area contributed by atoms with E-state index in [4.69, 9.17) is 14.2 Å². The van der Waals surface area contributed by atoms with Gasteiger partial charge in [-0.15, -0.1) is 0 Å². The first-order chi connectivity index (χ1) is 37.0. The molecule has 0 saturated heterocycles. The lowest BCUT2D eigenvalue weighted by atomic mass is 10.1. The molecule has 0 spiro atoms. The minimum atomic E-state index is -0.803. The van der Waals surface area contributed by atoms with Crippen molar-refractivity contribution in [2.75, 3.05) is 13.2 Å². The Morgan fingerprint density at radius 3 is 0.840 bits per heavy atom. The Bertz CT molecular complexity index is 1620. The SMILES string of the molecule is CC/C=C\C/C=C\C/C=C\C/C=C\C/C=C\C/C=C\C/C=C\C/C=C\CCCCC(=O)OCC(COC(=O)CCCCCCCCC)OC(=O)CCCCCCCCCC/C=C\C/C=C\C/C=C\CCCCCCC. The topological polar surface area (TPSA) is 78.9 Å². The van der Waals surface area contributed by atoms with Crippen molar-refractivity contribution < 1.29 is 28.6 Å². The summed E-state index contributed by atoms with van der Waals surface area (Å²) in [5.41, 5.74) is 0. The first-order valence-electron chi connectivity index (χ1n) is 30.7. The van der Waals surface area contributed by atoms with E-state index >= 15 is 0 Å². The molecule has 75 heavy (non-hydrogen) atoms. The monoisotopic (exact) mass is 1040 g/mol. The van der Waals surface area contributed by atoms with Crippen LogP contribution in [-0.4, -0.2) is 37.2 Å². The van der Waals surface area contributed by atoms with Gasteiger partial charge in [-0.05, 0) is 122 Å². The van der Waals surface area contributed by atoms with Gasteiger partial charge in [0, 0.05) is 19.3 Å². The van der Waals surface area contributed by atoms with E-state index < -0.39 is 6.10 Å². The van der Waals surface area contributed by atoms with Crippen LogP contribution in [0.25, 0.3) is 0 Å². The van der Waals surface area contributed by atoms with Crippen LogP contribution in [0.1, 0.15) is 265 Å². The highest BCUT2D eigenvalue weighted by Crippen LogP contribution is 2.14. The summed E-state index contributed by atoms with van der Waals surface area (Å²) in [4.78, 5) is 38.0. The number of hydrogen-bond acceptors (Lipinski definition) is 6. The molecular weight excluding hydrogens is 925 g/mol. The third kappa shape index (κ3) is 60.3. The summed E-state index contributed by atoms with van der Waals surface area (Å²) < 4.78 is 16.8. The Morgan fingerprint density at radius 1 is 0.280 bits per heavy atom. The Morgan fingerprint density at radius 2 is 0.520 bits per heavy atom. The average molecular weight is 1040 g/mol. The highest BCUT2D eigenvalue weighted by atomic mass is 16.6. The molecule has 0 aromatic carbocycles. The number of rotatable bonds is 54. The van der Waals surface area contributed by atoms with Crippen molar-refractivity contribution in [3.05, 3.63) is 134 Å². The molecule has 1 atom stereocenters. The van der Waals surface area contributed by atoms with Gasteiger partial charge in [-0.2, -0.15) is 0 Å². The van der Waals surface area contributed by atoms with E-state index in [1.807, 2.05) is 0 Å². The zero-order valence-corrected chi connectivity index (χ0v) is 48.5. The minimum absolute atomic E-state index is 0.0982. The van der Waals surface area contributed by atoms with E-state index in [0.29, 0.717) is 25.7 Å². The van der Waals surface area contributed by atoms with E-state index in [9.17, 15) is 14.4 Å². The van der Waals surface area contributed by atoms with Crippen molar-refractivity contribution in [2.45, 2.75) is 271 Å². The highest BCUT2D eigenvalue weighted by molar-refractivity contribution is 5.71. The summed E-state index contributed by atoms with van der Waals surface area (Å²) in [7, 11) is 0. The maximum absolute atomic E-state index is 12.8. The minimum Gasteiger partial charge on any atom is -0.462 e.